The smallest absolute Gasteiger partial charge is 0.264 e. The molecule has 2 aromatic rings. The standard InChI is InChI=1S/C17H18N2O4S/c1-21-12-8-5-4-7-11(12)18-17(24)19-16(20)15-13(22-2)9-6-10-14(15)23-3/h4-10H,1-3H3,(H2,18,19,20,24). The van der Waals surface area contributed by atoms with Gasteiger partial charge in [0.05, 0.1) is 27.0 Å². The van der Waals surface area contributed by atoms with Gasteiger partial charge in [0, 0.05) is 0 Å². The van der Waals surface area contributed by atoms with Crippen LogP contribution in [-0.2, 0) is 0 Å². The molecule has 0 fully saturated rings. The van der Waals surface area contributed by atoms with Crippen LogP contribution < -0.4 is 24.8 Å². The molecule has 0 saturated carbocycles. The maximum Gasteiger partial charge on any atom is 0.264 e. The Hall–Kier alpha value is -2.80. The van der Waals surface area contributed by atoms with Crippen LogP contribution in [0.4, 0.5) is 5.69 Å². The molecule has 0 saturated heterocycles. The lowest BCUT2D eigenvalue weighted by atomic mass is 10.1. The van der Waals surface area contributed by atoms with Gasteiger partial charge < -0.3 is 19.5 Å². The van der Waals surface area contributed by atoms with Crippen LogP contribution in [0.25, 0.3) is 0 Å². The van der Waals surface area contributed by atoms with Gasteiger partial charge in [-0.15, -0.1) is 0 Å². The summed E-state index contributed by atoms with van der Waals surface area (Å²) in [4.78, 5) is 12.5. The summed E-state index contributed by atoms with van der Waals surface area (Å²) in [6.07, 6.45) is 0. The quantitative estimate of drug-likeness (QED) is 0.812. The van der Waals surface area contributed by atoms with Crippen molar-refractivity contribution in [1.29, 1.82) is 0 Å². The topological polar surface area (TPSA) is 68.8 Å². The molecule has 0 heterocycles. The molecule has 0 unspecified atom stereocenters. The van der Waals surface area contributed by atoms with Crippen LogP contribution in [0.5, 0.6) is 17.2 Å². The average molecular weight is 346 g/mol. The third-order valence-corrected chi connectivity index (χ3v) is 3.44. The largest absolute Gasteiger partial charge is 0.496 e. The summed E-state index contributed by atoms with van der Waals surface area (Å²) >= 11 is 5.20. The van der Waals surface area contributed by atoms with Gasteiger partial charge in [0.1, 0.15) is 22.8 Å². The van der Waals surface area contributed by atoms with Crippen LogP contribution in [0.3, 0.4) is 0 Å². The van der Waals surface area contributed by atoms with Gasteiger partial charge in [-0.05, 0) is 36.5 Å². The van der Waals surface area contributed by atoms with Crippen LogP contribution in [0, 0.1) is 0 Å². The number of para-hydroxylation sites is 2. The molecular formula is C17H18N2O4S. The van der Waals surface area contributed by atoms with Crippen molar-refractivity contribution < 1.29 is 19.0 Å². The molecule has 0 aromatic heterocycles. The molecule has 0 atom stereocenters. The van der Waals surface area contributed by atoms with E-state index in [0.717, 1.165) is 0 Å². The molecule has 0 aliphatic carbocycles. The van der Waals surface area contributed by atoms with Gasteiger partial charge in [-0.25, -0.2) is 0 Å². The van der Waals surface area contributed by atoms with E-state index in [0.29, 0.717) is 22.9 Å². The molecular weight excluding hydrogens is 328 g/mol. The number of hydrogen-bond donors (Lipinski definition) is 2. The van der Waals surface area contributed by atoms with Crippen LogP contribution >= 0.6 is 12.2 Å². The van der Waals surface area contributed by atoms with Crippen LogP contribution in [0.2, 0.25) is 0 Å². The van der Waals surface area contributed by atoms with Crippen molar-refractivity contribution in [3.63, 3.8) is 0 Å². The molecule has 0 bridgehead atoms. The Bertz CT molecular complexity index is 727. The second kappa shape index (κ2) is 8.16. The lowest BCUT2D eigenvalue weighted by Crippen LogP contribution is -2.34. The lowest BCUT2D eigenvalue weighted by molar-refractivity contribution is 0.0971. The number of carbonyl (C=O) groups excluding carboxylic acids is 1. The molecule has 2 aromatic carbocycles. The number of benzene rings is 2. The summed E-state index contributed by atoms with van der Waals surface area (Å²) in [6, 6.07) is 12.3. The summed E-state index contributed by atoms with van der Waals surface area (Å²) in [5, 5.41) is 5.68. The normalized spacial score (nSPS) is 9.79. The monoisotopic (exact) mass is 346 g/mol. The first-order chi connectivity index (χ1) is 11.6. The Morgan fingerprint density at radius 2 is 1.42 bits per heavy atom. The fourth-order valence-electron chi connectivity index (χ4n) is 2.14. The highest BCUT2D eigenvalue weighted by Crippen LogP contribution is 2.28. The van der Waals surface area contributed by atoms with E-state index in [4.69, 9.17) is 26.4 Å². The maximum absolute atomic E-state index is 12.5. The SMILES string of the molecule is COc1ccccc1NC(=S)NC(=O)c1c(OC)cccc1OC. The van der Waals surface area contributed by atoms with E-state index in [9.17, 15) is 4.79 Å². The minimum absolute atomic E-state index is 0.137. The number of methoxy groups -OCH3 is 3. The molecule has 126 valence electrons. The highest BCUT2D eigenvalue weighted by molar-refractivity contribution is 7.80. The number of anilines is 1. The van der Waals surface area contributed by atoms with Crippen LogP contribution in [-0.4, -0.2) is 32.3 Å². The van der Waals surface area contributed by atoms with E-state index < -0.39 is 5.91 Å². The van der Waals surface area contributed by atoms with Gasteiger partial charge in [0.2, 0.25) is 0 Å². The van der Waals surface area contributed by atoms with Gasteiger partial charge in [0.25, 0.3) is 5.91 Å². The average Bonchev–Trinajstić information content (AvgIpc) is 2.61. The fraction of sp³-hybridized carbons (Fsp3) is 0.176. The predicted octanol–water partition coefficient (Wildman–Crippen LogP) is 2.84. The highest BCUT2D eigenvalue weighted by atomic mass is 32.1. The van der Waals surface area contributed by atoms with Crippen LogP contribution in [0.1, 0.15) is 10.4 Å². The van der Waals surface area contributed by atoms with E-state index in [1.54, 1.807) is 37.4 Å². The molecule has 0 aliphatic rings. The van der Waals surface area contributed by atoms with E-state index in [1.807, 2.05) is 12.1 Å². The summed E-state index contributed by atoms with van der Waals surface area (Å²) in [6.45, 7) is 0. The summed E-state index contributed by atoms with van der Waals surface area (Å²) < 4.78 is 15.7. The summed E-state index contributed by atoms with van der Waals surface area (Å²) in [5.41, 5.74) is 0.920. The molecule has 0 spiro atoms. The Morgan fingerprint density at radius 1 is 0.875 bits per heavy atom. The predicted molar refractivity (Wildman–Crippen MR) is 96.2 cm³/mol. The van der Waals surface area contributed by atoms with Gasteiger partial charge in [-0.2, -0.15) is 0 Å². The number of thiocarbonyl (C=S) groups is 1. The number of carbonyl (C=O) groups is 1. The molecule has 24 heavy (non-hydrogen) atoms. The molecule has 0 aliphatic heterocycles. The zero-order chi connectivity index (χ0) is 17.5. The van der Waals surface area contributed by atoms with E-state index in [-0.39, 0.29) is 10.7 Å². The van der Waals surface area contributed by atoms with Crippen molar-refractivity contribution >= 4 is 28.9 Å². The first-order valence-electron chi connectivity index (χ1n) is 7.07. The Labute approximate surface area is 145 Å². The van der Waals surface area contributed by atoms with E-state index in [2.05, 4.69) is 10.6 Å². The number of ether oxygens (including phenoxy) is 3. The van der Waals surface area contributed by atoms with Crippen molar-refractivity contribution in [2.45, 2.75) is 0 Å². The van der Waals surface area contributed by atoms with Crippen LogP contribution in [0.15, 0.2) is 42.5 Å². The first-order valence-corrected chi connectivity index (χ1v) is 7.47. The fourth-order valence-corrected chi connectivity index (χ4v) is 2.34. The molecule has 0 radical (unpaired) electrons. The minimum atomic E-state index is -0.434. The molecule has 1 amide bonds. The first kappa shape index (κ1) is 17.6. The number of hydrogen-bond acceptors (Lipinski definition) is 5. The van der Waals surface area contributed by atoms with Crippen molar-refractivity contribution in [2.75, 3.05) is 26.6 Å². The second-order valence-electron chi connectivity index (χ2n) is 4.65. The van der Waals surface area contributed by atoms with Crippen molar-refractivity contribution in [3.8, 4) is 17.2 Å². The van der Waals surface area contributed by atoms with Crippen molar-refractivity contribution in [2.24, 2.45) is 0 Å². The molecule has 2 N–H and O–H groups in total. The zero-order valence-electron chi connectivity index (χ0n) is 13.6. The summed E-state index contributed by atoms with van der Waals surface area (Å²) in [7, 11) is 4.52. The van der Waals surface area contributed by atoms with Gasteiger partial charge in [-0.3, -0.25) is 10.1 Å². The van der Waals surface area contributed by atoms with Gasteiger partial charge in [0.15, 0.2) is 5.11 Å². The molecule has 2 rings (SSSR count). The number of nitrogens with one attached hydrogen (secondary N) is 2. The number of amides is 1. The maximum atomic E-state index is 12.5. The third kappa shape index (κ3) is 3.94. The lowest BCUT2D eigenvalue weighted by Gasteiger charge is -2.15. The highest BCUT2D eigenvalue weighted by Gasteiger charge is 2.19. The molecule has 7 heteroatoms. The number of rotatable bonds is 5. The summed E-state index contributed by atoms with van der Waals surface area (Å²) in [5.74, 6) is 0.972. The Kier molecular flexibility index (Phi) is 5.97. The Balaban J connectivity index is 2.16. The second-order valence-corrected chi connectivity index (χ2v) is 5.05. The molecule has 6 nitrogen and oxygen atoms in total. The van der Waals surface area contributed by atoms with Gasteiger partial charge >= 0.3 is 0 Å². The van der Waals surface area contributed by atoms with E-state index in [1.165, 1.54) is 14.2 Å². The van der Waals surface area contributed by atoms with Crippen molar-refractivity contribution in [1.82, 2.24) is 5.32 Å². The Morgan fingerprint density at radius 3 is 2.00 bits per heavy atom. The zero-order valence-corrected chi connectivity index (χ0v) is 14.4. The van der Waals surface area contributed by atoms with Crippen molar-refractivity contribution in [3.05, 3.63) is 48.0 Å². The van der Waals surface area contributed by atoms with E-state index >= 15 is 0 Å². The van der Waals surface area contributed by atoms with Gasteiger partial charge in [-0.1, -0.05) is 18.2 Å². The minimum Gasteiger partial charge on any atom is -0.496 e. The third-order valence-electron chi connectivity index (χ3n) is 3.24.